The molecule has 0 aliphatic heterocycles. The highest BCUT2D eigenvalue weighted by Gasteiger charge is 2.12. The topological polar surface area (TPSA) is 85.6 Å². The van der Waals surface area contributed by atoms with E-state index in [0.29, 0.717) is 18.7 Å². The Labute approximate surface area is 160 Å². The van der Waals surface area contributed by atoms with Crippen LogP contribution in [0.15, 0.2) is 66.9 Å². The summed E-state index contributed by atoms with van der Waals surface area (Å²) < 4.78 is 0. The molecule has 0 unspecified atom stereocenters. The Hall–Kier alpha value is -3.80. The van der Waals surface area contributed by atoms with Gasteiger partial charge in [0, 0.05) is 46.7 Å². The van der Waals surface area contributed by atoms with Crippen molar-refractivity contribution in [1.82, 2.24) is 20.5 Å². The molecule has 0 bridgehead atoms. The van der Waals surface area contributed by atoms with Crippen molar-refractivity contribution in [2.75, 3.05) is 18.4 Å². The third-order valence-corrected chi connectivity index (χ3v) is 4.93. The number of benzene rings is 3. The van der Waals surface area contributed by atoms with E-state index in [0.717, 1.165) is 38.4 Å². The molecule has 28 heavy (non-hydrogen) atoms. The molecule has 0 saturated heterocycles. The van der Waals surface area contributed by atoms with Crippen LogP contribution in [0.25, 0.3) is 32.7 Å². The highest BCUT2D eigenvalue weighted by atomic mass is 16.1. The van der Waals surface area contributed by atoms with Gasteiger partial charge in [-0.15, -0.1) is 0 Å². The molecule has 6 heteroatoms. The van der Waals surface area contributed by atoms with E-state index in [4.69, 9.17) is 4.98 Å². The van der Waals surface area contributed by atoms with E-state index in [2.05, 4.69) is 26.9 Å². The Morgan fingerprint density at radius 1 is 0.964 bits per heavy atom. The molecule has 5 rings (SSSR count). The monoisotopic (exact) mass is 369 g/mol. The fourth-order valence-electron chi connectivity index (χ4n) is 3.53. The Kier molecular flexibility index (Phi) is 3.94. The quantitative estimate of drug-likeness (QED) is 0.353. The number of aromatic nitrogens is 3. The van der Waals surface area contributed by atoms with Gasteiger partial charge in [0.25, 0.3) is 5.91 Å². The highest BCUT2D eigenvalue weighted by molar-refractivity contribution is 6.16. The van der Waals surface area contributed by atoms with Crippen molar-refractivity contribution in [1.29, 1.82) is 0 Å². The molecular formula is C22H19N5O. The third-order valence-electron chi connectivity index (χ3n) is 4.93. The number of amides is 1. The number of fused-ring (bicyclic) bond motifs is 5. The summed E-state index contributed by atoms with van der Waals surface area (Å²) in [6.07, 6.45) is 1.91. The Bertz CT molecular complexity index is 1290. The van der Waals surface area contributed by atoms with Crippen LogP contribution in [0.5, 0.6) is 0 Å². The summed E-state index contributed by atoms with van der Waals surface area (Å²) >= 11 is 0. The third kappa shape index (κ3) is 2.85. The second-order valence-electron chi connectivity index (χ2n) is 6.73. The van der Waals surface area contributed by atoms with Crippen LogP contribution >= 0.6 is 0 Å². The molecule has 5 aromatic rings. The highest BCUT2D eigenvalue weighted by Crippen LogP contribution is 2.30. The molecule has 0 radical (unpaired) electrons. The standard InChI is InChI=1S/C22H19N5O/c28-22(24-11-10-23-16-4-2-1-3-5-16)14-7-9-19-18(12-14)17-8-6-15-13-25-27-20(15)21(17)26-19/h1-9,12-13,23,25,27H,10-11H2,(H,24,28). The molecule has 0 saturated carbocycles. The molecule has 4 N–H and O–H groups in total. The van der Waals surface area contributed by atoms with Gasteiger partial charge in [-0.2, -0.15) is 0 Å². The number of anilines is 1. The molecule has 0 spiro atoms. The normalized spacial score (nSPS) is 11.3. The van der Waals surface area contributed by atoms with Crippen LogP contribution in [-0.2, 0) is 0 Å². The second-order valence-corrected chi connectivity index (χ2v) is 6.73. The number of para-hydroxylation sites is 1. The summed E-state index contributed by atoms with van der Waals surface area (Å²) in [7, 11) is 0. The number of hydrogen-bond acceptors (Lipinski definition) is 3. The summed E-state index contributed by atoms with van der Waals surface area (Å²) in [5.74, 6) is -0.0830. The van der Waals surface area contributed by atoms with Gasteiger partial charge in [0.1, 0.15) is 0 Å². The van der Waals surface area contributed by atoms with Crippen molar-refractivity contribution >= 4 is 44.3 Å². The van der Waals surface area contributed by atoms with Gasteiger partial charge in [-0.1, -0.05) is 30.3 Å². The van der Waals surface area contributed by atoms with Crippen LogP contribution in [0, 0.1) is 0 Å². The van der Waals surface area contributed by atoms with Crippen LogP contribution < -0.4 is 10.6 Å². The molecule has 0 fully saturated rings. The fourth-order valence-corrected chi connectivity index (χ4v) is 3.53. The maximum absolute atomic E-state index is 12.6. The van der Waals surface area contributed by atoms with Gasteiger partial charge < -0.3 is 15.7 Å². The first-order valence-corrected chi connectivity index (χ1v) is 9.25. The average Bonchev–Trinajstić information content (AvgIpc) is 3.35. The number of H-pyrrole nitrogens is 2. The average molecular weight is 369 g/mol. The number of carbonyl (C=O) groups is 1. The van der Waals surface area contributed by atoms with Gasteiger partial charge >= 0.3 is 0 Å². The predicted molar refractivity (Wildman–Crippen MR) is 113 cm³/mol. The lowest BCUT2D eigenvalue weighted by Gasteiger charge is -2.08. The van der Waals surface area contributed by atoms with Crippen LogP contribution in [0.2, 0.25) is 0 Å². The zero-order valence-corrected chi connectivity index (χ0v) is 15.1. The zero-order chi connectivity index (χ0) is 18.9. The van der Waals surface area contributed by atoms with Gasteiger partial charge in [0.05, 0.1) is 16.6 Å². The van der Waals surface area contributed by atoms with Gasteiger partial charge in [-0.3, -0.25) is 9.89 Å². The maximum Gasteiger partial charge on any atom is 0.251 e. The summed E-state index contributed by atoms with van der Waals surface area (Å²) in [5, 5.41) is 15.5. The van der Waals surface area contributed by atoms with E-state index in [9.17, 15) is 4.79 Å². The summed E-state index contributed by atoms with van der Waals surface area (Å²) in [5.41, 5.74) is 4.46. The molecule has 3 aromatic carbocycles. The van der Waals surface area contributed by atoms with Crippen molar-refractivity contribution in [3.8, 4) is 0 Å². The van der Waals surface area contributed by atoms with Gasteiger partial charge in [0.2, 0.25) is 0 Å². The molecule has 138 valence electrons. The summed E-state index contributed by atoms with van der Waals surface area (Å²) in [6.45, 7) is 1.21. The van der Waals surface area contributed by atoms with Gasteiger partial charge in [-0.25, -0.2) is 4.98 Å². The number of carbonyl (C=O) groups excluding carboxylic acids is 1. The molecular weight excluding hydrogens is 350 g/mol. The lowest BCUT2D eigenvalue weighted by atomic mass is 10.1. The minimum absolute atomic E-state index is 0.0830. The summed E-state index contributed by atoms with van der Waals surface area (Å²) in [6, 6.07) is 19.7. The number of nitrogens with one attached hydrogen (secondary N) is 4. The number of hydrogen-bond donors (Lipinski definition) is 4. The summed E-state index contributed by atoms with van der Waals surface area (Å²) in [4.78, 5) is 17.3. The van der Waals surface area contributed by atoms with E-state index in [1.54, 1.807) is 0 Å². The predicted octanol–water partition coefficient (Wildman–Crippen LogP) is 4.04. The van der Waals surface area contributed by atoms with Crippen LogP contribution in [-0.4, -0.2) is 34.2 Å². The van der Waals surface area contributed by atoms with E-state index in [1.807, 2.05) is 60.8 Å². The van der Waals surface area contributed by atoms with Crippen molar-refractivity contribution in [3.05, 3.63) is 72.4 Å². The van der Waals surface area contributed by atoms with Gasteiger partial charge in [-0.05, 0) is 30.3 Å². The van der Waals surface area contributed by atoms with Crippen molar-refractivity contribution in [2.24, 2.45) is 0 Å². The van der Waals surface area contributed by atoms with E-state index >= 15 is 0 Å². The van der Waals surface area contributed by atoms with E-state index in [1.165, 1.54) is 0 Å². The van der Waals surface area contributed by atoms with E-state index < -0.39 is 0 Å². The second kappa shape index (κ2) is 6.74. The van der Waals surface area contributed by atoms with Crippen molar-refractivity contribution in [3.63, 3.8) is 0 Å². The molecule has 0 atom stereocenters. The number of aromatic amines is 2. The van der Waals surface area contributed by atoms with Crippen LogP contribution in [0.3, 0.4) is 0 Å². The Morgan fingerprint density at radius 2 is 1.86 bits per heavy atom. The minimum atomic E-state index is -0.0830. The van der Waals surface area contributed by atoms with E-state index in [-0.39, 0.29) is 5.91 Å². The fraction of sp³-hybridized carbons (Fsp3) is 0.0909. The lowest BCUT2D eigenvalue weighted by molar-refractivity contribution is 0.0955. The largest absolute Gasteiger partial charge is 0.383 e. The Balaban J connectivity index is 1.35. The lowest BCUT2D eigenvalue weighted by Crippen LogP contribution is -2.28. The molecule has 2 aromatic heterocycles. The first-order valence-electron chi connectivity index (χ1n) is 9.25. The van der Waals surface area contributed by atoms with Crippen molar-refractivity contribution < 1.29 is 4.79 Å². The SMILES string of the molecule is O=C(NCCNc1ccccc1)c1ccc2nc3c(ccc4c[nH][nH]c43)c2c1. The molecule has 6 nitrogen and oxygen atoms in total. The molecule has 0 aliphatic carbocycles. The minimum Gasteiger partial charge on any atom is -0.383 e. The first-order chi connectivity index (χ1) is 13.8. The molecule has 2 heterocycles. The zero-order valence-electron chi connectivity index (χ0n) is 15.1. The van der Waals surface area contributed by atoms with Crippen LogP contribution in [0.4, 0.5) is 5.69 Å². The smallest absolute Gasteiger partial charge is 0.251 e. The van der Waals surface area contributed by atoms with Crippen LogP contribution in [0.1, 0.15) is 10.4 Å². The van der Waals surface area contributed by atoms with Gasteiger partial charge in [0.15, 0.2) is 0 Å². The number of nitrogens with zero attached hydrogens (tertiary/aromatic N) is 1. The Morgan fingerprint density at radius 3 is 2.75 bits per heavy atom. The molecule has 1 amide bonds. The number of rotatable bonds is 5. The van der Waals surface area contributed by atoms with Crippen molar-refractivity contribution in [2.45, 2.75) is 0 Å². The first kappa shape index (κ1) is 16.4. The molecule has 0 aliphatic rings. The maximum atomic E-state index is 12.6.